The molecule has 2 rings (SSSR count). The molecule has 1 nitrogen and oxygen atoms in total. The maximum absolute atomic E-state index is 13.4. The van der Waals surface area contributed by atoms with E-state index in [1.54, 1.807) is 7.11 Å². The molecule has 106 valence electrons. The van der Waals surface area contributed by atoms with Crippen LogP contribution < -0.4 is 4.74 Å². The van der Waals surface area contributed by atoms with Gasteiger partial charge in [0.25, 0.3) is 0 Å². The fourth-order valence-electron chi connectivity index (χ4n) is 2.48. The minimum Gasteiger partial charge on any atom is -0.496 e. The highest BCUT2D eigenvalue weighted by Gasteiger charge is 2.17. The third-order valence-electron chi connectivity index (χ3n) is 3.54. The van der Waals surface area contributed by atoms with Crippen LogP contribution in [0.4, 0.5) is 4.39 Å². The summed E-state index contributed by atoms with van der Waals surface area (Å²) in [6, 6.07) is 8.94. The van der Waals surface area contributed by atoms with E-state index in [0.717, 1.165) is 33.6 Å². The normalized spacial score (nSPS) is 12.3. The molecule has 0 bridgehead atoms. The molecule has 0 aliphatic carbocycles. The average Bonchev–Trinajstić information content (AvgIpc) is 2.37. The fourth-order valence-corrected chi connectivity index (χ4v) is 2.96. The molecule has 0 saturated heterocycles. The Balaban J connectivity index is 2.49. The predicted molar refractivity (Wildman–Crippen MR) is 81.3 cm³/mol. The van der Waals surface area contributed by atoms with Crippen molar-refractivity contribution >= 4 is 11.6 Å². The second-order valence-electron chi connectivity index (χ2n) is 5.04. The van der Waals surface area contributed by atoms with Crippen LogP contribution in [0.25, 0.3) is 0 Å². The van der Waals surface area contributed by atoms with Gasteiger partial charge in [0.05, 0.1) is 12.5 Å². The number of ether oxygens (including phenoxy) is 1. The second-order valence-corrected chi connectivity index (χ2v) is 5.48. The highest BCUT2D eigenvalue weighted by atomic mass is 35.5. The summed E-state index contributed by atoms with van der Waals surface area (Å²) in [5.74, 6) is 0.583. The third-order valence-corrected chi connectivity index (χ3v) is 4.01. The summed E-state index contributed by atoms with van der Waals surface area (Å²) in [7, 11) is 1.64. The Bertz CT molecular complexity index is 614. The Hall–Kier alpha value is -1.54. The number of hydrogen-bond donors (Lipinski definition) is 0. The van der Waals surface area contributed by atoms with E-state index in [1.165, 1.54) is 12.1 Å². The molecule has 1 unspecified atom stereocenters. The van der Waals surface area contributed by atoms with Gasteiger partial charge in [-0.25, -0.2) is 4.39 Å². The average molecular weight is 293 g/mol. The van der Waals surface area contributed by atoms with Gasteiger partial charge in [-0.1, -0.05) is 12.1 Å². The van der Waals surface area contributed by atoms with Crippen molar-refractivity contribution in [3.8, 4) is 5.75 Å². The van der Waals surface area contributed by atoms with Crippen LogP contribution in [0.2, 0.25) is 0 Å². The van der Waals surface area contributed by atoms with E-state index in [2.05, 4.69) is 0 Å². The lowest BCUT2D eigenvalue weighted by molar-refractivity contribution is 0.411. The molecule has 0 spiro atoms. The zero-order chi connectivity index (χ0) is 14.9. The first-order valence-electron chi connectivity index (χ1n) is 6.49. The quantitative estimate of drug-likeness (QED) is 0.716. The lowest BCUT2D eigenvalue weighted by atomic mass is 9.95. The van der Waals surface area contributed by atoms with Gasteiger partial charge in [0.1, 0.15) is 11.6 Å². The summed E-state index contributed by atoms with van der Waals surface area (Å²) >= 11 is 6.60. The monoisotopic (exact) mass is 292 g/mol. The van der Waals surface area contributed by atoms with E-state index in [9.17, 15) is 4.39 Å². The van der Waals surface area contributed by atoms with E-state index in [-0.39, 0.29) is 11.2 Å². The van der Waals surface area contributed by atoms with E-state index in [1.807, 2.05) is 39.0 Å². The summed E-state index contributed by atoms with van der Waals surface area (Å²) in [6.45, 7) is 5.75. The van der Waals surface area contributed by atoms with E-state index in [0.29, 0.717) is 0 Å². The van der Waals surface area contributed by atoms with Crippen molar-refractivity contribution < 1.29 is 9.13 Å². The van der Waals surface area contributed by atoms with Crippen molar-refractivity contribution in [2.24, 2.45) is 0 Å². The molecule has 0 aliphatic rings. The van der Waals surface area contributed by atoms with Crippen molar-refractivity contribution in [1.82, 2.24) is 0 Å². The molecule has 0 heterocycles. The Kier molecular flexibility index (Phi) is 4.34. The number of hydrogen-bond acceptors (Lipinski definition) is 1. The van der Waals surface area contributed by atoms with Crippen LogP contribution in [0.5, 0.6) is 5.75 Å². The number of benzene rings is 2. The Morgan fingerprint density at radius 1 is 1.00 bits per heavy atom. The molecular weight excluding hydrogens is 275 g/mol. The second kappa shape index (κ2) is 5.84. The lowest BCUT2D eigenvalue weighted by Crippen LogP contribution is -2.01. The van der Waals surface area contributed by atoms with Crippen molar-refractivity contribution in [2.45, 2.75) is 26.1 Å². The van der Waals surface area contributed by atoms with Crippen molar-refractivity contribution in [3.63, 3.8) is 0 Å². The first-order valence-corrected chi connectivity index (χ1v) is 6.93. The molecule has 0 N–H and O–H groups in total. The van der Waals surface area contributed by atoms with Crippen molar-refractivity contribution in [3.05, 3.63) is 64.0 Å². The van der Waals surface area contributed by atoms with Gasteiger partial charge in [0, 0.05) is 0 Å². The first-order chi connectivity index (χ1) is 9.43. The van der Waals surface area contributed by atoms with Gasteiger partial charge in [-0.05, 0) is 66.8 Å². The van der Waals surface area contributed by atoms with Gasteiger partial charge < -0.3 is 4.74 Å². The van der Waals surface area contributed by atoms with Gasteiger partial charge in [0.15, 0.2) is 0 Å². The topological polar surface area (TPSA) is 9.23 Å². The maximum Gasteiger partial charge on any atom is 0.123 e. The molecule has 2 aromatic carbocycles. The van der Waals surface area contributed by atoms with Gasteiger partial charge in [0.2, 0.25) is 0 Å². The number of aryl methyl sites for hydroxylation is 3. The molecule has 0 saturated carbocycles. The molecule has 0 aliphatic heterocycles. The molecule has 1 atom stereocenters. The zero-order valence-corrected chi connectivity index (χ0v) is 12.9. The van der Waals surface area contributed by atoms with Gasteiger partial charge >= 0.3 is 0 Å². The molecule has 0 fully saturated rings. The Morgan fingerprint density at radius 3 is 2.15 bits per heavy atom. The molecule has 0 radical (unpaired) electrons. The van der Waals surface area contributed by atoms with Crippen LogP contribution in [0.15, 0.2) is 30.3 Å². The van der Waals surface area contributed by atoms with Crippen LogP contribution in [-0.4, -0.2) is 7.11 Å². The summed E-state index contributed by atoms with van der Waals surface area (Å²) in [6.07, 6.45) is 0. The highest BCUT2D eigenvalue weighted by Crippen LogP contribution is 2.35. The minimum atomic E-state index is -0.315. The summed E-state index contributed by atoms with van der Waals surface area (Å²) in [4.78, 5) is 0. The predicted octanol–water partition coefficient (Wildman–Crippen LogP) is 5.09. The minimum absolute atomic E-state index is 0.228. The first kappa shape index (κ1) is 14.9. The molecule has 2 aromatic rings. The maximum atomic E-state index is 13.4. The van der Waals surface area contributed by atoms with E-state index in [4.69, 9.17) is 16.3 Å². The van der Waals surface area contributed by atoms with Crippen LogP contribution in [0.3, 0.4) is 0 Å². The molecule has 3 heteroatoms. The third kappa shape index (κ3) is 2.80. The van der Waals surface area contributed by atoms with Crippen LogP contribution in [0, 0.1) is 26.6 Å². The SMILES string of the molecule is COc1cc(C(Cl)c2c(C)cc(F)cc2C)ccc1C. The van der Waals surface area contributed by atoms with Crippen LogP contribution in [0.1, 0.15) is 33.2 Å². The molecule has 20 heavy (non-hydrogen) atoms. The largest absolute Gasteiger partial charge is 0.496 e. The van der Waals surface area contributed by atoms with Crippen LogP contribution >= 0.6 is 11.6 Å². The molecular formula is C17H18ClFO. The van der Waals surface area contributed by atoms with Crippen molar-refractivity contribution in [2.75, 3.05) is 7.11 Å². The van der Waals surface area contributed by atoms with E-state index >= 15 is 0 Å². The lowest BCUT2D eigenvalue weighted by Gasteiger charge is -2.17. The zero-order valence-electron chi connectivity index (χ0n) is 12.1. The number of alkyl halides is 1. The standard InChI is InChI=1S/C17H18ClFO/c1-10-5-6-13(9-15(10)20-4)17(18)16-11(2)7-14(19)8-12(16)3/h5-9,17H,1-4H3. The smallest absolute Gasteiger partial charge is 0.123 e. The molecule has 0 aromatic heterocycles. The Morgan fingerprint density at radius 2 is 1.60 bits per heavy atom. The van der Waals surface area contributed by atoms with Crippen LogP contribution in [-0.2, 0) is 0 Å². The van der Waals surface area contributed by atoms with Crippen molar-refractivity contribution in [1.29, 1.82) is 0 Å². The number of rotatable bonds is 3. The number of methoxy groups -OCH3 is 1. The summed E-state index contributed by atoms with van der Waals surface area (Å²) in [5.41, 5.74) is 4.70. The molecule has 0 amide bonds. The van der Waals surface area contributed by atoms with Gasteiger partial charge in [-0.15, -0.1) is 11.6 Å². The van der Waals surface area contributed by atoms with Gasteiger partial charge in [-0.2, -0.15) is 0 Å². The fraction of sp³-hybridized carbons (Fsp3) is 0.294. The summed E-state index contributed by atoms with van der Waals surface area (Å²) in [5, 5.41) is -0.315. The van der Waals surface area contributed by atoms with E-state index < -0.39 is 0 Å². The van der Waals surface area contributed by atoms with Gasteiger partial charge in [-0.3, -0.25) is 0 Å². The Labute approximate surface area is 124 Å². The highest BCUT2D eigenvalue weighted by molar-refractivity contribution is 6.22. The number of halogens is 2. The summed E-state index contributed by atoms with van der Waals surface area (Å²) < 4.78 is 18.7.